The summed E-state index contributed by atoms with van der Waals surface area (Å²) in [4.78, 5) is 15.3. The number of para-hydroxylation sites is 6. The Morgan fingerprint density at radius 1 is 0.327 bits per heavy atom. The molecule has 0 saturated heterocycles. The first-order valence-corrected chi connectivity index (χ1v) is 21.1. The van der Waals surface area contributed by atoms with Crippen molar-refractivity contribution in [2.45, 2.75) is 29.4 Å². The fourth-order valence-corrected chi connectivity index (χ4v) is 12.6. The lowest BCUT2D eigenvalue weighted by Gasteiger charge is -2.47. The van der Waals surface area contributed by atoms with E-state index in [2.05, 4.69) is 185 Å². The minimum Gasteiger partial charge on any atom is -0.309 e. The van der Waals surface area contributed by atoms with E-state index >= 15 is 0 Å². The van der Waals surface area contributed by atoms with E-state index in [1.807, 2.05) is 35.3 Å². The van der Waals surface area contributed by atoms with Crippen LogP contribution in [0.2, 0.25) is 0 Å². The highest BCUT2D eigenvalue weighted by atomic mass is 32.2. The Balaban J connectivity index is 1.06. The number of fused-ring (bicyclic) bond motifs is 10. The largest absolute Gasteiger partial charge is 0.309 e. The summed E-state index contributed by atoms with van der Waals surface area (Å²) in [5.74, 6) is 0. The molecule has 8 aromatic carbocycles. The zero-order valence-electron chi connectivity index (χ0n) is 29.3. The van der Waals surface area contributed by atoms with Crippen molar-refractivity contribution >= 4 is 110 Å². The molecule has 0 aromatic heterocycles. The van der Waals surface area contributed by atoms with Crippen LogP contribution < -0.4 is 31.1 Å². The molecule has 0 radical (unpaired) electrons. The van der Waals surface area contributed by atoms with Crippen LogP contribution in [0.3, 0.4) is 0 Å². The summed E-state index contributed by atoms with van der Waals surface area (Å²) < 4.78 is 0. The number of hydrogen-bond donors (Lipinski definition) is 0. The van der Waals surface area contributed by atoms with Crippen molar-refractivity contribution in [3.05, 3.63) is 170 Å². The molecule has 0 saturated carbocycles. The summed E-state index contributed by atoms with van der Waals surface area (Å²) in [5, 5.41) is 0. The molecule has 5 heterocycles. The van der Waals surface area contributed by atoms with E-state index in [9.17, 15) is 0 Å². The van der Waals surface area contributed by atoms with Gasteiger partial charge < -0.3 is 14.7 Å². The van der Waals surface area contributed by atoms with E-state index in [4.69, 9.17) is 0 Å². The van der Waals surface area contributed by atoms with Gasteiger partial charge in [-0.15, -0.1) is 0 Å². The summed E-state index contributed by atoms with van der Waals surface area (Å²) in [5.41, 5.74) is 17.8. The molecule has 0 atom stereocenters. The maximum atomic E-state index is 2.57. The van der Waals surface area contributed by atoms with Gasteiger partial charge in [-0.05, 0) is 112 Å². The number of rotatable bonds is 2. The molecule has 5 aliphatic heterocycles. The molecular formula is C48H28BN3S3. The summed E-state index contributed by atoms with van der Waals surface area (Å²) in [7, 11) is 0. The van der Waals surface area contributed by atoms with Gasteiger partial charge in [0.2, 0.25) is 0 Å². The molecule has 5 aliphatic rings. The summed E-state index contributed by atoms with van der Waals surface area (Å²) in [6, 6.07) is 63.4. The SMILES string of the molecule is c1ccc2c(c1)Sc1ccccc1N2c1ccc(-c2cc3c4c(c2)N2c5ccccc5Sc5cccc(c52)B4c2cccc4c2N3c2ccccc2S4)cc1. The van der Waals surface area contributed by atoms with E-state index in [1.54, 1.807) is 0 Å². The smallest absolute Gasteiger partial charge is 0.252 e. The Kier molecular flexibility index (Phi) is 6.34. The quantitative estimate of drug-likeness (QED) is 0.162. The Labute approximate surface area is 332 Å². The number of hydrogen-bond acceptors (Lipinski definition) is 6. The van der Waals surface area contributed by atoms with Gasteiger partial charge in [0, 0.05) is 46.4 Å². The van der Waals surface area contributed by atoms with Crippen molar-refractivity contribution in [1.29, 1.82) is 0 Å². The van der Waals surface area contributed by atoms with Gasteiger partial charge in [0.05, 0.1) is 34.1 Å². The monoisotopic (exact) mass is 753 g/mol. The highest BCUT2D eigenvalue weighted by Gasteiger charge is 2.47. The average molecular weight is 754 g/mol. The van der Waals surface area contributed by atoms with Gasteiger partial charge in [-0.1, -0.05) is 120 Å². The molecule has 8 aromatic rings. The molecule has 55 heavy (non-hydrogen) atoms. The third-order valence-corrected chi connectivity index (χ3v) is 14.9. The van der Waals surface area contributed by atoms with Gasteiger partial charge >= 0.3 is 0 Å². The Morgan fingerprint density at radius 2 is 0.727 bits per heavy atom. The van der Waals surface area contributed by atoms with Gasteiger partial charge in [-0.2, -0.15) is 0 Å². The second kappa shape index (κ2) is 11.4. The number of nitrogens with zero attached hydrogens (tertiary/aromatic N) is 3. The zero-order valence-corrected chi connectivity index (χ0v) is 31.8. The molecule has 0 unspecified atom stereocenters. The first-order chi connectivity index (χ1) is 27.3. The van der Waals surface area contributed by atoms with E-state index in [0.29, 0.717) is 0 Å². The van der Waals surface area contributed by atoms with Crippen molar-refractivity contribution in [2.24, 2.45) is 0 Å². The average Bonchev–Trinajstić information content (AvgIpc) is 3.24. The summed E-state index contributed by atoms with van der Waals surface area (Å²) in [6.07, 6.45) is 0. The van der Waals surface area contributed by atoms with Crippen LogP contribution in [0.1, 0.15) is 0 Å². The number of benzene rings is 8. The first-order valence-electron chi connectivity index (χ1n) is 18.6. The van der Waals surface area contributed by atoms with Crippen LogP contribution in [0, 0.1) is 0 Å². The van der Waals surface area contributed by atoms with Crippen molar-refractivity contribution in [1.82, 2.24) is 0 Å². The standard InChI is InChI=1S/C48H28BN3S3/c1-5-17-40-34(13-1)50(35-14-2-6-18-41(35)53-40)31-25-23-29(24-26-31)30-27-38-46-39(28-30)52-37-16-4-8-20-43(37)55-45-22-10-12-33(48(45)52)49(46)32-11-9-21-44-47(32)51(38)36-15-3-7-19-42(36)54-44/h1-28H. The van der Waals surface area contributed by atoms with Crippen LogP contribution in [0.15, 0.2) is 199 Å². The second-order valence-corrected chi connectivity index (χ2v) is 17.7. The van der Waals surface area contributed by atoms with E-state index in [0.717, 1.165) is 5.69 Å². The van der Waals surface area contributed by atoms with Gasteiger partial charge in [-0.3, -0.25) is 0 Å². The van der Waals surface area contributed by atoms with Crippen LogP contribution in [-0.4, -0.2) is 6.71 Å². The van der Waals surface area contributed by atoms with Crippen molar-refractivity contribution < 1.29 is 0 Å². The van der Waals surface area contributed by atoms with E-state index < -0.39 is 0 Å². The zero-order chi connectivity index (χ0) is 35.8. The fraction of sp³-hybridized carbons (Fsp3) is 0. The molecule has 13 rings (SSSR count). The number of anilines is 9. The predicted octanol–water partition coefficient (Wildman–Crippen LogP) is 12.3. The topological polar surface area (TPSA) is 9.72 Å². The molecule has 0 bridgehead atoms. The third kappa shape index (κ3) is 4.23. The minimum atomic E-state index is 0.118. The van der Waals surface area contributed by atoms with Crippen molar-refractivity contribution in [3.63, 3.8) is 0 Å². The molecule has 0 amide bonds. The first kappa shape index (κ1) is 30.6. The Hall–Kier alpha value is -5.73. The summed E-state index contributed by atoms with van der Waals surface area (Å²) in [6.45, 7) is 0.118. The lowest BCUT2D eigenvalue weighted by atomic mass is 9.33. The van der Waals surface area contributed by atoms with Crippen LogP contribution >= 0.6 is 35.3 Å². The molecular weight excluding hydrogens is 726 g/mol. The van der Waals surface area contributed by atoms with Crippen LogP contribution in [0.5, 0.6) is 0 Å². The maximum Gasteiger partial charge on any atom is 0.252 e. The molecule has 3 nitrogen and oxygen atoms in total. The van der Waals surface area contributed by atoms with Gasteiger partial charge in [0.15, 0.2) is 0 Å². The molecule has 0 N–H and O–H groups in total. The van der Waals surface area contributed by atoms with Gasteiger partial charge in [0.1, 0.15) is 0 Å². The Bertz CT molecular complexity index is 2790. The van der Waals surface area contributed by atoms with E-state index in [-0.39, 0.29) is 6.71 Å². The lowest BCUT2D eigenvalue weighted by molar-refractivity contribution is 1.15. The molecule has 7 heteroatoms. The van der Waals surface area contributed by atoms with Crippen molar-refractivity contribution in [2.75, 3.05) is 14.7 Å². The van der Waals surface area contributed by atoms with Crippen LogP contribution in [0.4, 0.5) is 51.2 Å². The molecule has 256 valence electrons. The lowest BCUT2D eigenvalue weighted by Crippen LogP contribution is -2.62. The van der Waals surface area contributed by atoms with Gasteiger partial charge in [0.25, 0.3) is 6.71 Å². The van der Waals surface area contributed by atoms with Crippen LogP contribution in [0.25, 0.3) is 11.1 Å². The summed E-state index contributed by atoms with van der Waals surface area (Å²) >= 11 is 5.63. The third-order valence-electron chi connectivity index (χ3n) is 11.6. The predicted molar refractivity (Wildman–Crippen MR) is 233 cm³/mol. The highest BCUT2D eigenvalue weighted by Crippen LogP contribution is 2.57. The van der Waals surface area contributed by atoms with Gasteiger partial charge in [-0.25, -0.2) is 0 Å². The maximum absolute atomic E-state index is 2.57. The Morgan fingerprint density at radius 3 is 1.20 bits per heavy atom. The minimum absolute atomic E-state index is 0.118. The molecule has 0 aliphatic carbocycles. The molecule has 0 fully saturated rings. The molecule has 0 spiro atoms. The normalized spacial score (nSPS) is 14.5. The van der Waals surface area contributed by atoms with E-state index in [1.165, 1.54) is 102 Å². The second-order valence-electron chi connectivity index (χ2n) is 14.5. The highest BCUT2D eigenvalue weighted by molar-refractivity contribution is 8.00. The van der Waals surface area contributed by atoms with Crippen LogP contribution in [-0.2, 0) is 0 Å². The fourth-order valence-electron chi connectivity index (χ4n) is 9.34. The van der Waals surface area contributed by atoms with Crippen molar-refractivity contribution in [3.8, 4) is 11.1 Å².